The van der Waals surface area contributed by atoms with E-state index in [4.69, 9.17) is 5.73 Å². The van der Waals surface area contributed by atoms with Gasteiger partial charge in [0.15, 0.2) is 0 Å². The fraction of sp³-hybridized carbons (Fsp3) is 0.571. The van der Waals surface area contributed by atoms with Crippen LogP contribution in [-0.4, -0.2) is 25.0 Å². The summed E-state index contributed by atoms with van der Waals surface area (Å²) in [5, 5.41) is 0. The van der Waals surface area contributed by atoms with Crippen LogP contribution >= 0.6 is 0 Å². The van der Waals surface area contributed by atoms with Gasteiger partial charge < -0.3 is 10.6 Å². The quantitative estimate of drug-likeness (QED) is 0.797. The number of aryl methyl sites for hydroxylation is 1. The minimum atomic E-state index is 0.569. The first-order chi connectivity index (χ1) is 7.65. The van der Waals surface area contributed by atoms with E-state index in [1.165, 1.54) is 11.1 Å². The van der Waals surface area contributed by atoms with Gasteiger partial charge >= 0.3 is 0 Å². The van der Waals surface area contributed by atoms with Gasteiger partial charge in [0.1, 0.15) is 0 Å². The van der Waals surface area contributed by atoms with Crippen LogP contribution in [0.25, 0.3) is 0 Å². The van der Waals surface area contributed by atoms with Crippen molar-refractivity contribution in [2.45, 2.75) is 26.8 Å². The van der Waals surface area contributed by atoms with Crippen molar-refractivity contribution in [2.24, 2.45) is 11.7 Å². The molecule has 1 aromatic rings. The van der Waals surface area contributed by atoms with E-state index in [-0.39, 0.29) is 0 Å². The molecule has 1 atom stereocenters. The van der Waals surface area contributed by atoms with Gasteiger partial charge in [0, 0.05) is 13.1 Å². The summed E-state index contributed by atoms with van der Waals surface area (Å²) in [6, 6.07) is 8.88. The highest BCUT2D eigenvalue weighted by Crippen LogP contribution is 2.08. The van der Waals surface area contributed by atoms with E-state index >= 15 is 0 Å². The van der Waals surface area contributed by atoms with E-state index in [0.29, 0.717) is 5.92 Å². The molecule has 0 amide bonds. The van der Waals surface area contributed by atoms with Crippen LogP contribution in [0, 0.1) is 5.92 Å². The van der Waals surface area contributed by atoms with Crippen molar-refractivity contribution in [3.05, 3.63) is 35.4 Å². The van der Waals surface area contributed by atoms with Crippen molar-refractivity contribution in [1.29, 1.82) is 0 Å². The zero-order valence-electron chi connectivity index (χ0n) is 10.7. The molecule has 0 heterocycles. The van der Waals surface area contributed by atoms with Crippen LogP contribution in [0.4, 0.5) is 0 Å². The Balaban J connectivity index is 2.46. The van der Waals surface area contributed by atoms with E-state index in [0.717, 1.165) is 26.1 Å². The second kappa shape index (κ2) is 6.66. The van der Waals surface area contributed by atoms with Gasteiger partial charge in [-0.2, -0.15) is 0 Å². The van der Waals surface area contributed by atoms with Gasteiger partial charge in [-0.05, 0) is 37.1 Å². The summed E-state index contributed by atoms with van der Waals surface area (Å²) in [4.78, 5) is 2.33. The van der Waals surface area contributed by atoms with Crippen LogP contribution in [-0.2, 0) is 13.0 Å². The molecule has 0 bridgehead atoms. The van der Waals surface area contributed by atoms with Crippen molar-refractivity contribution in [3.63, 3.8) is 0 Å². The van der Waals surface area contributed by atoms with Crippen molar-refractivity contribution >= 4 is 0 Å². The molecular formula is C14H24N2. The molecular weight excluding hydrogens is 196 g/mol. The topological polar surface area (TPSA) is 29.3 Å². The van der Waals surface area contributed by atoms with E-state index in [9.17, 15) is 0 Å². The summed E-state index contributed by atoms with van der Waals surface area (Å²) in [6.07, 6.45) is 1.11. The van der Waals surface area contributed by atoms with Crippen LogP contribution in [0.3, 0.4) is 0 Å². The first-order valence-electron chi connectivity index (χ1n) is 6.12. The highest BCUT2D eigenvalue weighted by atomic mass is 15.1. The van der Waals surface area contributed by atoms with Crippen LogP contribution < -0.4 is 5.73 Å². The van der Waals surface area contributed by atoms with Crippen molar-refractivity contribution < 1.29 is 0 Å². The Labute approximate surface area is 99.5 Å². The zero-order chi connectivity index (χ0) is 12.0. The van der Waals surface area contributed by atoms with Gasteiger partial charge in [-0.15, -0.1) is 0 Å². The van der Waals surface area contributed by atoms with E-state index < -0.39 is 0 Å². The Hall–Kier alpha value is -0.860. The number of nitrogens with two attached hydrogens (primary N) is 1. The highest BCUT2D eigenvalue weighted by Gasteiger charge is 2.05. The highest BCUT2D eigenvalue weighted by molar-refractivity contribution is 5.22. The van der Waals surface area contributed by atoms with Gasteiger partial charge in [-0.1, -0.05) is 38.1 Å². The first kappa shape index (κ1) is 13.2. The Morgan fingerprint density at radius 2 is 1.75 bits per heavy atom. The maximum atomic E-state index is 5.62. The lowest BCUT2D eigenvalue weighted by molar-refractivity contribution is 0.282. The molecule has 1 aromatic carbocycles. The summed E-state index contributed by atoms with van der Waals surface area (Å²) < 4.78 is 0. The predicted octanol–water partition coefficient (Wildman–Crippen LogP) is 2.28. The molecule has 90 valence electrons. The van der Waals surface area contributed by atoms with Crippen LogP contribution in [0.5, 0.6) is 0 Å². The summed E-state index contributed by atoms with van der Waals surface area (Å²) >= 11 is 0. The maximum Gasteiger partial charge on any atom is 0.0230 e. The molecule has 0 aromatic heterocycles. The van der Waals surface area contributed by atoms with Gasteiger partial charge in [0.05, 0.1) is 0 Å². The predicted molar refractivity (Wildman–Crippen MR) is 70.4 cm³/mol. The minimum Gasteiger partial charge on any atom is -0.330 e. The Morgan fingerprint density at radius 3 is 2.25 bits per heavy atom. The lowest BCUT2D eigenvalue weighted by Gasteiger charge is -2.20. The van der Waals surface area contributed by atoms with Crippen LogP contribution in [0.2, 0.25) is 0 Å². The molecule has 0 aliphatic rings. The van der Waals surface area contributed by atoms with Gasteiger partial charge in [-0.25, -0.2) is 0 Å². The summed E-state index contributed by atoms with van der Waals surface area (Å²) in [5.41, 5.74) is 8.41. The lowest BCUT2D eigenvalue weighted by Crippen LogP contribution is -2.28. The first-order valence-corrected chi connectivity index (χ1v) is 6.12. The zero-order valence-corrected chi connectivity index (χ0v) is 10.7. The second-order valence-electron chi connectivity index (χ2n) is 4.71. The number of benzene rings is 1. The van der Waals surface area contributed by atoms with Crippen molar-refractivity contribution in [1.82, 2.24) is 4.90 Å². The standard InChI is InChI=1S/C14H24N2/c1-4-13-5-7-14(8-6-13)11-16(3)10-12(2)9-15/h5-8,12H,4,9-11,15H2,1-3H3. The Kier molecular flexibility index (Phi) is 5.50. The largest absolute Gasteiger partial charge is 0.330 e. The Bertz CT molecular complexity index is 292. The smallest absolute Gasteiger partial charge is 0.0230 e. The van der Waals surface area contributed by atoms with Gasteiger partial charge in [-0.3, -0.25) is 0 Å². The molecule has 2 N–H and O–H groups in total. The average Bonchev–Trinajstić information content (AvgIpc) is 2.29. The molecule has 16 heavy (non-hydrogen) atoms. The molecule has 2 nitrogen and oxygen atoms in total. The number of hydrogen-bond donors (Lipinski definition) is 1. The van der Waals surface area contributed by atoms with Crippen molar-refractivity contribution in [2.75, 3.05) is 20.1 Å². The fourth-order valence-corrected chi connectivity index (χ4v) is 1.86. The number of nitrogens with zero attached hydrogens (tertiary/aromatic N) is 1. The molecule has 0 radical (unpaired) electrons. The normalized spacial score (nSPS) is 13.1. The van der Waals surface area contributed by atoms with Crippen LogP contribution in [0.15, 0.2) is 24.3 Å². The third-order valence-corrected chi connectivity index (χ3v) is 2.91. The third kappa shape index (κ3) is 4.33. The molecule has 0 fully saturated rings. The van der Waals surface area contributed by atoms with Crippen LogP contribution in [0.1, 0.15) is 25.0 Å². The molecule has 0 saturated carbocycles. The molecule has 0 spiro atoms. The van der Waals surface area contributed by atoms with E-state index in [1.54, 1.807) is 0 Å². The lowest BCUT2D eigenvalue weighted by atomic mass is 10.1. The van der Waals surface area contributed by atoms with Crippen molar-refractivity contribution in [3.8, 4) is 0 Å². The third-order valence-electron chi connectivity index (χ3n) is 2.91. The fourth-order valence-electron chi connectivity index (χ4n) is 1.86. The second-order valence-corrected chi connectivity index (χ2v) is 4.71. The minimum absolute atomic E-state index is 0.569. The van der Waals surface area contributed by atoms with E-state index in [2.05, 4.69) is 50.1 Å². The number of rotatable bonds is 6. The van der Waals surface area contributed by atoms with Gasteiger partial charge in [0.25, 0.3) is 0 Å². The monoisotopic (exact) mass is 220 g/mol. The number of hydrogen-bond acceptors (Lipinski definition) is 2. The summed E-state index contributed by atoms with van der Waals surface area (Å²) in [7, 11) is 2.15. The molecule has 0 aliphatic heterocycles. The average molecular weight is 220 g/mol. The summed E-state index contributed by atoms with van der Waals surface area (Å²) in [6.45, 7) is 7.21. The SMILES string of the molecule is CCc1ccc(CN(C)CC(C)CN)cc1. The molecule has 2 heteroatoms. The molecule has 0 aliphatic carbocycles. The Morgan fingerprint density at radius 1 is 1.19 bits per heavy atom. The van der Waals surface area contributed by atoms with E-state index in [1.807, 2.05) is 0 Å². The molecule has 0 saturated heterocycles. The van der Waals surface area contributed by atoms with Gasteiger partial charge in [0.2, 0.25) is 0 Å². The molecule has 1 unspecified atom stereocenters. The molecule has 1 rings (SSSR count). The summed E-state index contributed by atoms with van der Waals surface area (Å²) in [5.74, 6) is 0.569. The maximum absolute atomic E-state index is 5.62.